The number of rotatable bonds is 1. The van der Waals surface area contributed by atoms with Crippen molar-refractivity contribution in [1.82, 2.24) is 5.32 Å². The highest BCUT2D eigenvalue weighted by Gasteiger charge is 2.11. The zero-order valence-electron chi connectivity index (χ0n) is 6.10. The highest BCUT2D eigenvalue weighted by Crippen LogP contribution is 2.26. The Bertz CT molecular complexity index is 371. The van der Waals surface area contributed by atoms with E-state index >= 15 is 0 Å². The van der Waals surface area contributed by atoms with Gasteiger partial charge in [-0.3, -0.25) is 15.4 Å². The van der Waals surface area contributed by atoms with Crippen molar-refractivity contribution in [1.29, 1.82) is 0 Å². The molecule has 1 aromatic carbocycles. The van der Waals surface area contributed by atoms with Crippen molar-refractivity contribution in [3.8, 4) is 0 Å². The van der Waals surface area contributed by atoms with Gasteiger partial charge in [-0.05, 0) is 12.1 Å². The monoisotopic (exact) mass is 161 g/mol. The van der Waals surface area contributed by atoms with E-state index in [4.69, 9.17) is 0 Å². The van der Waals surface area contributed by atoms with Crippen LogP contribution in [0.2, 0.25) is 0 Å². The second-order valence-electron chi connectivity index (χ2n) is 2.45. The molecule has 0 bridgehead atoms. The summed E-state index contributed by atoms with van der Waals surface area (Å²) in [4.78, 5) is 9.94. The summed E-state index contributed by atoms with van der Waals surface area (Å²) in [5, 5.41) is 14.3. The average Bonchev–Trinajstić information content (AvgIpc) is 2.49. The predicted molar refractivity (Wildman–Crippen MR) is 43.9 cm³/mol. The normalized spacial score (nSPS) is 12.3. The van der Waals surface area contributed by atoms with Crippen molar-refractivity contribution in [2.45, 2.75) is 0 Å². The molecule has 0 fully saturated rings. The van der Waals surface area contributed by atoms with Crippen LogP contribution in [-0.4, -0.2) is 4.92 Å². The topological polar surface area (TPSA) is 57.2 Å². The van der Waals surface area contributed by atoms with Crippen LogP contribution >= 0.6 is 0 Å². The number of nitro groups is 1. The molecule has 0 saturated heterocycles. The van der Waals surface area contributed by atoms with Gasteiger partial charge in [0.15, 0.2) is 0 Å². The minimum atomic E-state index is -0.410. The summed E-state index contributed by atoms with van der Waals surface area (Å²) in [7, 11) is 0. The molecule has 0 unspecified atom stereocenters. The van der Waals surface area contributed by atoms with Crippen molar-refractivity contribution in [3.63, 3.8) is 0 Å². The summed E-state index contributed by atoms with van der Waals surface area (Å²) in [6.07, 6.45) is 3.39. The van der Waals surface area contributed by atoms with E-state index in [1.807, 2.05) is 0 Å². The number of hydrogen-bond acceptors (Lipinski definition) is 2. The second-order valence-corrected chi connectivity index (χ2v) is 2.45. The van der Waals surface area contributed by atoms with E-state index in [0.717, 1.165) is 11.3 Å². The highest BCUT2D eigenvalue weighted by molar-refractivity contribution is 5.71. The molecule has 0 spiro atoms. The standard InChI is InChI=1S/C8H5N2O2/c11-10(12)7-1-2-8-6(5-7)3-4-9-8/h1-5H. The van der Waals surface area contributed by atoms with Gasteiger partial charge >= 0.3 is 0 Å². The van der Waals surface area contributed by atoms with Gasteiger partial charge in [-0.2, -0.15) is 0 Å². The van der Waals surface area contributed by atoms with E-state index in [1.165, 1.54) is 12.1 Å². The Labute approximate surface area is 68.7 Å². The summed E-state index contributed by atoms with van der Waals surface area (Å²) < 4.78 is 0. The molecular weight excluding hydrogens is 156 g/mol. The van der Waals surface area contributed by atoms with E-state index in [9.17, 15) is 10.1 Å². The van der Waals surface area contributed by atoms with E-state index in [2.05, 4.69) is 5.32 Å². The molecule has 1 aromatic rings. The van der Waals surface area contributed by atoms with E-state index in [-0.39, 0.29) is 5.69 Å². The van der Waals surface area contributed by atoms with Gasteiger partial charge in [-0.1, -0.05) is 0 Å². The molecule has 0 aromatic heterocycles. The lowest BCUT2D eigenvalue weighted by Gasteiger charge is -1.95. The summed E-state index contributed by atoms with van der Waals surface area (Å²) in [6, 6.07) is 4.62. The Morgan fingerprint density at radius 2 is 2.25 bits per heavy atom. The quantitative estimate of drug-likeness (QED) is 0.466. The van der Waals surface area contributed by atoms with Gasteiger partial charge in [0.1, 0.15) is 0 Å². The number of hydrogen-bond donors (Lipinski definition) is 0. The molecule has 1 aliphatic heterocycles. The first-order valence-corrected chi connectivity index (χ1v) is 3.43. The molecule has 1 aliphatic rings. The number of fused-ring (bicyclic) bond motifs is 1. The molecule has 0 atom stereocenters. The summed E-state index contributed by atoms with van der Waals surface area (Å²) in [5.74, 6) is 0. The molecule has 2 rings (SSSR count). The van der Waals surface area contributed by atoms with Gasteiger partial charge < -0.3 is 0 Å². The largest absolute Gasteiger partial charge is 0.270 e. The minimum absolute atomic E-state index is 0.107. The lowest BCUT2D eigenvalue weighted by molar-refractivity contribution is -0.384. The Hall–Kier alpha value is -1.84. The Morgan fingerprint density at radius 3 is 3.00 bits per heavy atom. The van der Waals surface area contributed by atoms with Crippen LogP contribution in [0.4, 0.5) is 11.4 Å². The van der Waals surface area contributed by atoms with Crippen LogP contribution in [0, 0.1) is 10.1 Å². The van der Waals surface area contributed by atoms with Gasteiger partial charge in [0.25, 0.3) is 5.69 Å². The maximum atomic E-state index is 10.4. The first kappa shape index (κ1) is 6.84. The summed E-state index contributed by atoms with van der Waals surface area (Å²) in [5.41, 5.74) is 1.71. The average molecular weight is 161 g/mol. The van der Waals surface area contributed by atoms with Crippen LogP contribution in [0.3, 0.4) is 0 Å². The third-order valence-corrected chi connectivity index (χ3v) is 1.69. The molecule has 0 N–H and O–H groups in total. The van der Waals surface area contributed by atoms with Crippen molar-refractivity contribution in [3.05, 3.63) is 40.1 Å². The van der Waals surface area contributed by atoms with Gasteiger partial charge in [-0.15, -0.1) is 0 Å². The lowest BCUT2D eigenvalue weighted by Crippen LogP contribution is -1.88. The van der Waals surface area contributed by atoms with Crippen molar-refractivity contribution in [2.24, 2.45) is 0 Å². The van der Waals surface area contributed by atoms with Gasteiger partial charge in [-0.25, -0.2) is 0 Å². The Morgan fingerprint density at radius 1 is 1.42 bits per heavy atom. The van der Waals surface area contributed by atoms with Crippen LogP contribution in [-0.2, 0) is 0 Å². The van der Waals surface area contributed by atoms with Gasteiger partial charge in [0.05, 0.1) is 10.6 Å². The second kappa shape index (κ2) is 2.34. The van der Waals surface area contributed by atoms with Crippen LogP contribution in [0.1, 0.15) is 5.56 Å². The lowest BCUT2D eigenvalue weighted by atomic mass is 10.2. The molecule has 1 radical (unpaired) electrons. The first-order valence-electron chi connectivity index (χ1n) is 3.43. The smallest absolute Gasteiger partial charge is 0.258 e. The van der Waals surface area contributed by atoms with E-state index in [0.29, 0.717) is 0 Å². The maximum Gasteiger partial charge on any atom is 0.270 e. The molecule has 59 valence electrons. The molecule has 4 nitrogen and oxygen atoms in total. The zero-order valence-corrected chi connectivity index (χ0v) is 6.10. The van der Waals surface area contributed by atoms with Crippen molar-refractivity contribution >= 4 is 17.5 Å². The SMILES string of the molecule is O=[N+]([O-])c1ccc2c(c1)C=C[N]2. The number of nitro benzene ring substituents is 1. The van der Waals surface area contributed by atoms with Crippen LogP contribution in [0.5, 0.6) is 0 Å². The third-order valence-electron chi connectivity index (χ3n) is 1.69. The molecule has 0 aliphatic carbocycles. The van der Waals surface area contributed by atoms with Gasteiger partial charge in [0, 0.05) is 23.9 Å². The number of nitrogens with zero attached hydrogens (tertiary/aromatic N) is 2. The summed E-state index contributed by atoms with van der Waals surface area (Å²) in [6.45, 7) is 0. The van der Waals surface area contributed by atoms with Crippen LogP contribution < -0.4 is 5.32 Å². The first-order chi connectivity index (χ1) is 5.77. The van der Waals surface area contributed by atoms with Crippen LogP contribution in [0.15, 0.2) is 24.4 Å². The molecular formula is C8H5N2O2. The molecule has 4 heteroatoms. The third kappa shape index (κ3) is 0.934. The Balaban J connectivity index is 2.51. The number of benzene rings is 1. The van der Waals surface area contributed by atoms with Crippen molar-refractivity contribution in [2.75, 3.05) is 0 Å². The van der Waals surface area contributed by atoms with E-state index < -0.39 is 4.92 Å². The minimum Gasteiger partial charge on any atom is -0.258 e. The fourth-order valence-corrected chi connectivity index (χ4v) is 1.10. The Kier molecular flexibility index (Phi) is 1.33. The molecule has 12 heavy (non-hydrogen) atoms. The molecule has 0 amide bonds. The maximum absolute atomic E-state index is 10.4. The zero-order chi connectivity index (χ0) is 8.55. The molecule has 1 heterocycles. The fourth-order valence-electron chi connectivity index (χ4n) is 1.10. The van der Waals surface area contributed by atoms with Crippen molar-refractivity contribution < 1.29 is 4.92 Å². The number of non-ortho nitro benzene ring substituents is 1. The van der Waals surface area contributed by atoms with Crippen LogP contribution in [0.25, 0.3) is 6.08 Å². The fraction of sp³-hybridized carbons (Fsp3) is 0. The molecule has 0 saturated carbocycles. The van der Waals surface area contributed by atoms with Gasteiger partial charge in [0.2, 0.25) is 0 Å². The summed E-state index contributed by atoms with van der Waals surface area (Å²) >= 11 is 0. The predicted octanol–water partition coefficient (Wildman–Crippen LogP) is 1.81. The highest BCUT2D eigenvalue weighted by atomic mass is 16.6. The van der Waals surface area contributed by atoms with E-state index in [1.54, 1.807) is 18.3 Å².